The van der Waals surface area contributed by atoms with Crippen molar-refractivity contribution in [3.63, 3.8) is 0 Å². The van der Waals surface area contributed by atoms with Crippen LogP contribution >= 0.6 is 0 Å². The second kappa shape index (κ2) is 24.7. The third kappa shape index (κ3) is 76.3. The number of rotatable bonds is 0. The Kier molecular flexibility index (Phi) is 56.4. The summed E-state index contributed by atoms with van der Waals surface area (Å²) in [6, 6.07) is 0. The van der Waals surface area contributed by atoms with Crippen LogP contribution < -0.4 is 8.19 Å². The van der Waals surface area contributed by atoms with Gasteiger partial charge >= 0.3 is 85.5 Å². The van der Waals surface area contributed by atoms with Crippen LogP contribution in [0.5, 0.6) is 0 Å². The Hall–Kier alpha value is 1.90. The van der Waals surface area contributed by atoms with Crippen LogP contribution in [0.1, 0.15) is 0 Å². The zero-order chi connectivity index (χ0) is 5.41. The van der Waals surface area contributed by atoms with Gasteiger partial charge in [0, 0.05) is 0 Å². The van der Waals surface area contributed by atoms with E-state index in [4.69, 9.17) is 15.7 Å². The molecule has 0 rings (SSSR count). The van der Waals surface area contributed by atoms with Gasteiger partial charge in [-0.15, -0.1) is 0 Å². The molecule has 0 saturated heterocycles. The van der Waals surface area contributed by atoms with Crippen molar-refractivity contribution in [1.82, 2.24) is 0 Å². The first-order chi connectivity index (χ1) is 2.83. The maximum absolute atomic E-state index is 8.47. The van der Waals surface area contributed by atoms with Crippen molar-refractivity contribution in [3.05, 3.63) is 0 Å². The van der Waals surface area contributed by atoms with Crippen molar-refractivity contribution in [2.75, 3.05) is 0 Å². The molecule has 0 spiro atoms. The molecule has 7 heavy (non-hydrogen) atoms. The van der Waals surface area contributed by atoms with Crippen molar-refractivity contribution in [3.8, 4) is 0 Å². The van der Waals surface area contributed by atoms with E-state index in [1.165, 1.54) is 0 Å². The van der Waals surface area contributed by atoms with Crippen LogP contribution in [0.25, 0.3) is 0 Å². The molecule has 36 valence electrons. The second-order valence-electron chi connectivity index (χ2n) is 0.149. The molecular formula is As2CaO4. The Morgan fingerprint density at radius 1 is 1.00 bits per heavy atom. The maximum Gasteiger partial charge on any atom is 2.00 e. The van der Waals surface area contributed by atoms with Gasteiger partial charge in [-0.05, 0) is 0 Å². The Bertz CT molecular complexity index is 30.7. The summed E-state index contributed by atoms with van der Waals surface area (Å²) in [4.78, 5) is 0. The van der Waals surface area contributed by atoms with Gasteiger partial charge in [0.25, 0.3) is 0 Å². The van der Waals surface area contributed by atoms with Gasteiger partial charge in [0.05, 0.1) is 0 Å². The van der Waals surface area contributed by atoms with Crippen LogP contribution in [0.4, 0.5) is 0 Å². The Morgan fingerprint density at radius 3 is 1.00 bits per heavy atom. The fourth-order valence-corrected chi connectivity index (χ4v) is 0. The summed E-state index contributed by atoms with van der Waals surface area (Å²) in [5.74, 6) is 0. The molecule has 0 aliphatic rings. The molecule has 0 heterocycles. The molecule has 0 aliphatic heterocycles. The summed E-state index contributed by atoms with van der Waals surface area (Å²) >= 11 is -3.62. The molecule has 0 bridgehead atoms. The topological polar surface area (TPSA) is 80.3 Å². The zero-order valence-corrected chi connectivity index (χ0v) is 9.20. The van der Waals surface area contributed by atoms with E-state index in [0.717, 1.165) is 0 Å². The first kappa shape index (κ1) is 16.0. The summed E-state index contributed by atoms with van der Waals surface area (Å²) in [5.41, 5.74) is 0. The van der Waals surface area contributed by atoms with Crippen LogP contribution in [-0.4, -0.2) is 69.8 Å². The van der Waals surface area contributed by atoms with Gasteiger partial charge < -0.3 is 0 Å². The van der Waals surface area contributed by atoms with E-state index in [0.29, 0.717) is 0 Å². The molecule has 0 amide bonds. The van der Waals surface area contributed by atoms with Gasteiger partial charge in [0.2, 0.25) is 0 Å². The SMILES string of the molecule is O=[As][O-].O=[As][O-].[Ca+2]. The molecule has 0 radical (unpaired) electrons. The summed E-state index contributed by atoms with van der Waals surface area (Å²) in [6.07, 6.45) is 0. The van der Waals surface area contributed by atoms with Crippen LogP contribution in [0, 0.1) is 0 Å². The van der Waals surface area contributed by atoms with Crippen molar-refractivity contribution < 1.29 is 15.7 Å². The average Bonchev–Trinajstić information content (AvgIpc) is 1.39. The van der Waals surface area contributed by atoms with Crippen molar-refractivity contribution in [2.24, 2.45) is 0 Å². The fourth-order valence-electron chi connectivity index (χ4n) is 0. The summed E-state index contributed by atoms with van der Waals surface area (Å²) in [6.45, 7) is 0. The van der Waals surface area contributed by atoms with Crippen molar-refractivity contribution >= 4 is 69.8 Å². The molecule has 4 nitrogen and oxygen atoms in total. The first-order valence-corrected chi connectivity index (χ1v) is 3.79. The number of hydrogen-bond acceptors (Lipinski definition) is 4. The Balaban J connectivity index is -0.0000000400. The standard InChI is InChI=1S/2AsHO2.Ca/c2*2-1-3;/h2*(H,2,3);/q;;+2/p-2. The molecule has 0 aromatic carbocycles. The zero-order valence-electron chi connectivity index (χ0n) is 3.23. The van der Waals surface area contributed by atoms with Gasteiger partial charge in [-0.2, -0.15) is 0 Å². The summed E-state index contributed by atoms with van der Waals surface area (Å²) < 4.78 is 33.9. The van der Waals surface area contributed by atoms with Gasteiger partial charge in [-0.1, -0.05) is 0 Å². The maximum atomic E-state index is 8.47. The normalized spacial score (nSPS) is 6.00. The van der Waals surface area contributed by atoms with Crippen molar-refractivity contribution in [1.29, 1.82) is 0 Å². The molecular weight excluding hydrogens is 254 g/mol. The summed E-state index contributed by atoms with van der Waals surface area (Å²) in [7, 11) is 0. The minimum Gasteiger partial charge on any atom is 2.00 e. The molecule has 0 N–H and O–H groups in total. The number of hydrogen-bond donors (Lipinski definition) is 0. The molecule has 0 aromatic heterocycles. The molecule has 0 aliphatic carbocycles. The summed E-state index contributed by atoms with van der Waals surface area (Å²) in [5, 5.41) is 0. The van der Waals surface area contributed by atoms with E-state index in [9.17, 15) is 0 Å². The van der Waals surface area contributed by atoms with Crippen LogP contribution in [-0.2, 0) is 7.48 Å². The Labute approximate surface area is 84.2 Å². The predicted molar refractivity (Wildman–Crippen MR) is 18.6 cm³/mol. The van der Waals surface area contributed by atoms with Crippen LogP contribution in [0.2, 0.25) is 0 Å². The van der Waals surface area contributed by atoms with E-state index >= 15 is 0 Å². The van der Waals surface area contributed by atoms with Crippen LogP contribution in [0.15, 0.2) is 0 Å². The average molecular weight is 254 g/mol. The van der Waals surface area contributed by atoms with Gasteiger partial charge in [-0.3, -0.25) is 0 Å². The third-order valence-corrected chi connectivity index (χ3v) is 0. The van der Waals surface area contributed by atoms with Crippen molar-refractivity contribution in [2.45, 2.75) is 0 Å². The van der Waals surface area contributed by atoms with E-state index in [-0.39, 0.29) is 37.7 Å². The van der Waals surface area contributed by atoms with Crippen LogP contribution in [0.3, 0.4) is 0 Å². The van der Waals surface area contributed by atoms with Gasteiger partial charge in [-0.25, -0.2) is 0 Å². The minimum absolute atomic E-state index is 0. The molecule has 0 fully saturated rings. The van der Waals surface area contributed by atoms with E-state index in [2.05, 4.69) is 0 Å². The molecule has 7 heteroatoms. The smallest absolute Gasteiger partial charge is 2.00 e. The Morgan fingerprint density at radius 2 is 1.00 bits per heavy atom. The van der Waals surface area contributed by atoms with E-state index < -0.39 is 32.1 Å². The quantitative estimate of drug-likeness (QED) is 0.416. The first-order valence-electron chi connectivity index (χ1n) is 0.730. The molecule has 0 atom stereocenters. The minimum atomic E-state index is -1.81. The van der Waals surface area contributed by atoms with E-state index in [1.54, 1.807) is 0 Å². The van der Waals surface area contributed by atoms with E-state index in [1.807, 2.05) is 0 Å². The monoisotopic (exact) mass is 254 g/mol. The largest absolute Gasteiger partial charge is 2.00 e. The molecule has 0 aromatic rings. The second-order valence-corrected chi connectivity index (χ2v) is 0.775. The third-order valence-electron chi connectivity index (χ3n) is 0. The van der Waals surface area contributed by atoms with Gasteiger partial charge in [0.1, 0.15) is 0 Å². The predicted octanol–water partition coefficient (Wildman–Crippen LogP) is -3.76. The van der Waals surface area contributed by atoms with Gasteiger partial charge in [0.15, 0.2) is 0 Å². The fraction of sp³-hybridized carbons (Fsp3) is 0. The molecule has 0 unspecified atom stereocenters. The molecule has 0 saturated carbocycles.